The minimum absolute atomic E-state index is 0.0128. The number of primary amides is 1. The Hall–Kier alpha value is -2.95. The molecule has 1 fully saturated rings. The highest BCUT2D eigenvalue weighted by Crippen LogP contribution is 2.47. The molecule has 3 rings (SSSR count). The Kier molecular flexibility index (Phi) is 4.42. The van der Waals surface area contributed by atoms with Crippen LogP contribution in [-0.4, -0.2) is 17.5 Å². The van der Waals surface area contributed by atoms with Gasteiger partial charge in [0.25, 0.3) is 0 Å². The maximum atomic E-state index is 12.2. The molecule has 122 valence electrons. The van der Waals surface area contributed by atoms with E-state index in [4.69, 9.17) is 5.73 Å². The maximum Gasteiger partial charge on any atom is 0.248 e. The first kappa shape index (κ1) is 15.9. The van der Waals surface area contributed by atoms with E-state index in [1.807, 2.05) is 30.3 Å². The summed E-state index contributed by atoms with van der Waals surface area (Å²) in [5.74, 6) is -0.250. The predicted molar refractivity (Wildman–Crippen MR) is 92.6 cm³/mol. The summed E-state index contributed by atoms with van der Waals surface area (Å²) < 4.78 is 0. The standard InChI is InChI=1S/C19H19N3O2/c1-12(13-7-9-15(10-8-13)18(20)23)21-22-19(24)17-11-16(17)14-5-3-2-4-6-14/h2-10,16-17H,11H2,1H3,(H2,20,23)(H,22,24). The van der Waals surface area contributed by atoms with E-state index < -0.39 is 5.91 Å². The summed E-state index contributed by atoms with van der Waals surface area (Å²) in [5, 5.41) is 4.16. The average molecular weight is 321 g/mol. The number of rotatable bonds is 5. The number of benzene rings is 2. The molecule has 0 saturated heterocycles. The zero-order valence-electron chi connectivity index (χ0n) is 13.4. The van der Waals surface area contributed by atoms with Crippen molar-refractivity contribution in [3.8, 4) is 0 Å². The van der Waals surface area contributed by atoms with Crippen molar-refractivity contribution >= 4 is 17.5 Å². The third kappa shape index (κ3) is 3.51. The molecule has 1 aliphatic carbocycles. The maximum absolute atomic E-state index is 12.2. The zero-order chi connectivity index (χ0) is 17.1. The van der Waals surface area contributed by atoms with Crippen LogP contribution in [0.1, 0.15) is 40.7 Å². The highest BCUT2D eigenvalue weighted by Gasteiger charge is 2.43. The van der Waals surface area contributed by atoms with Crippen LogP contribution in [0, 0.1) is 5.92 Å². The van der Waals surface area contributed by atoms with Crippen LogP contribution in [0.15, 0.2) is 59.7 Å². The molecule has 0 heterocycles. The molecule has 5 nitrogen and oxygen atoms in total. The van der Waals surface area contributed by atoms with E-state index in [0.29, 0.717) is 11.3 Å². The van der Waals surface area contributed by atoms with Crippen molar-refractivity contribution in [2.24, 2.45) is 16.8 Å². The van der Waals surface area contributed by atoms with Crippen molar-refractivity contribution in [3.63, 3.8) is 0 Å². The average Bonchev–Trinajstić information content (AvgIpc) is 3.41. The summed E-state index contributed by atoms with van der Waals surface area (Å²) in [5.41, 5.74) is 11.0. The second-order valence-electron chi connectivity index (χ2n) is 5.97. The van der Waals surface area contributed by atoms with E-state index in [-0.39, 0.29) is 17.7 Å². The lowest BCUT2D eigenvalue weighted by molar-refractivity contribution is -0.122. The summed E-state index contributed by atoms with van der Waals surface area (Å²) in [4.78, 5) is 23.3. The number of carbonyl (C=O) groups is 2. The lowest BCUT2D eigenvalue weighted by Gasteiger charge is -2.04. The second-order valence-corrected chi connectivity index (χ2v) is 5.97. The van der Waals surface area contributed by atoms with E-state index in [1.54, 1.807) is 31.2 Å². The van der Waals surface area contributed by atoms with Gasteiger partial charge in [0, 0.05) is 11.5 Å². The van der Waals surface area contributed by atoms with E-state index in [9.17, 15) is 9.59 Å². The third-order valence-corrected chi connectivity index (χ3v) is 4.28. The summed E-state index contributed by atoms with van der Waals surface area (Å²) in [7, 11) is 0. The molecule has 5 heteroatoms. The topological polar surface area (TPSA) is 84.6 Å². The molecule has 2 aromatic carbocycles. The van der Waals surface area contributed by atoms with Crippen molar-refractivity contribution in [1.29, 1.82) is 0 Å². The lowest BCUT2D eigenvalue weighted by atomic mass is 10.1. The number of amides is 2. The number of nitrogens with one attached hydrogen (secondary N) is 1. The Balaban J connectivity index is 1.59. The smallest absolute Gasteiger partial charge is 0.248 e. The second kappa shape index (κ2) is 6.66. The van der Waals surface area contributed by atoms with Crippen molar-refractivity contribution < 1.29 is 9.59 Å². The van der Waals surface area contributed by atoms with Crippen LogP contribution in [0.3, 0.4) is 0 Å². The van der Waals surface area contributed by atoms with Gasteiger partial charge in [-0.2, -0.15) is 5.10 Å². The molecule has 0 aromatic heterocycles. The first-order chi connectivity index (χ1) is 11.6. The van der Waals surface area contributed by atoms with Gasteiger partial charge < -0.3 is 5.73 Å². The van der Waals surface area contributed by atoms with Crippen molar-refractivity contribution in [3.05, 3.63) is 71.3 Å². The summed E-state index contributed by atoms with van der Waals surface area (Å²) in [6.45, 7) is 1.81. The Morgan fingerprint density at radius 2 is 1.67 bits per heavy atom. The van der Waals surface area contributed by atoms with E-state index in [2.05, 4.69) is 10.5 Å². The molecule has 2 amide bonds. The quantitative estimate of drug-likeness (QED) is 0.655. The SMILES string of the molecule is CC(=NNC(=O)C1CC1c1ccccc1)c1ccc(C(N)=O)cc1. The monoisotopic (exact) mass is 321 g/mol. The minimum Gasteiger partial charge on any atom is -0.366 e. The fraction of sp³-hybridized carbons (Fsp3) is 0.211. The number of hydrazone groups is 1. The van der Waals surface area contributed by atoms with Crippen LogP contribution < -0.4 is 11.2 Å². The van der Waals surface area contributed by atoms with Crippen LogP contribution in [-0.2, 0) is 4.79 Å². The molecule has 0 spiro atoms. The van der Waals surface area contributed by atoms with Gasteiger partial charge in [-0.3, -0.25) is 9.59 Å². The van der Waals surface area contributed by atoms with Gasteiger partial charge in [-0.15, -0.1) is 0 Å². The Bertz CT molecular complexity index is 782. The summed E-state index contributed by atoms with van der Waals surface area (Å²) in [6.07, 6.45) is 0.859. The normalized spacial score (nSPS) is 19.6. The van der Waals surface area contributed by atoms with E-state index in [1.165, 1.54) is 5.56 Å². The van der Waals surface area contributed by atoms with Gasteiger partial charge in [-0.05, 0) is 42.5 Å². The van der Waals surface area contributed by atoms with Gasteiger partial charge in [-0.1, -0.05) is 42.5 Å². The number of hydrogen-bond donors (Lipinski definition) is 2. The molecule has 1 saturated carbocycles. The van der Waals surface area contributed by atoms with Crippen LogP contribution in [0.4, 0.5) is 0 Å². The molecule has 2 atom stereocenters. The third-order valence-electron chi connectivity index (χ3n) is 4.28. The zero-order valence-corrected chi connectivity index (χ0v) is 13.4. The Morgan fingerprint density at radius 3 is 2.29 bits per heavy atom. The molecule has 1 aliphatic rings. The van der Waals surface area contributed by atoms with Gasteiger partial charge in [0.05, 0.1) is 5.71 Å². The van der Waals surface area contributed by atoms with Crippen LogP contribution in [0.25, 0.3) is 0 Å². The van der Waals surface area contributed by atoms with Crippen molar-refractivity contribution in [2.75, 3.05) is 0 Å². The van der Waals surface area contributed by atoms with Crippen LogP contribution in [0.2, 0.25) is 0 Å². The van der Waals surface area contributed by atoms with Crippen molar-refractivity contribution in [2.45, 2.75) is 19.3 Å². The van der Waals surface area contributed by atoms with Gasteiger partial charge in [0.15, 0.2) is 0 Å². The largest absolute Gasteiger partial charge is 0.366 e. The molecule has 24 heavy (non-hydrogen) atoms. The van der Waals surface area contributed by atoms with Gasteiger partial charge >= 0.3 is 0 Å². The molecule has 0 bridgehead atoms. The fourth-order valence-corrected chi connectivity index (χ4v) is 2.72. The molecule has 0 radical (unpaired) electrons. The van der Waals surface area contributed by atoms with E-state index in [0.717, 1.165) is 12.0 Å². The molecular formula is C19H19N3O2. The number of carbonyl (C=O) groups excluding carboxylic acids is 2. The van der Waals surface area contributed by atoms with Crippen LogP contribution in [0.5, 0.6) is 0 Å². The molecular weight excluding hydrogens is 302 g/mol. The summed E-state index contributed by atoms with van der Waals surface area (Å²) >= 11 is 0. The number of nitrogens with zero attached hydrogens (tertiary/aromatic N) is 1. The van der Waals surface area contributed by atoms with Crippen LogP contribution >= 0.6 is 0 Å². The molecule has 2 unspecified atom stereocenters. The highest BCUT2D eigenvalue weighted by atomic mass is 16.2. The van der Waals surface area contributed by atoms with Gasteiger partial charge in [-0.25, -0.2) is 5.43 Å². The predicted octanol–water partition coefficient (Wildman–Crippen LogP) is 2.43. The summed E-state index contributed by atoms with van der Waals surface area (Å²) in [6, 6.07) is 16.8. The minimum atomic E-state index is -0.467. The first-order valence-corrected chi connectivity index (χ1v) is 7.85. The molecule has 2 aromatic rings. The van der Waals surface area contributed by atoms with E-state index >= 15 is 0 Å². The molecule has 3 N–H and O–H groups in total. The fourth-order valence-electron chi connectivity index (χ4n) is 2.72. The Labute approximate surface area is 140 Å². The number of nitrogens with two attached hydrogens (primary N) is 1. The van der Waals surface area contributed by atoms with Gasteiger partial charge in [0.2, 0.25) is 11.8 Å². The lowest BCUT2D eigenvalue weighted by Crippen LogP contribution is -2.21. The highest BCUT2D eigenvalue weighted by molar-refractivity contribution is 6.00. The number of hydrogen-bond acceptors (Lipinski definition) is 3. The Morgan fingerprint density at radius 1 is 1.04 bits per heavy atom. The molecule has 0 aliphatic heterocycles. The van der Waals surface area contributed by atoms with Crippen molar-refractivity contribution in [1.82, 2.24) is 5.43 Å². The first-order valence-electron chi connectivity index (χ1n) is 7.85. The van der Waals surface area contributed by atoms with Gasteiger partial charge in [0.1, 0.15) is 0 Å².